The number of hydrogen-bond acceptors (Lipinski definition) is 4. The molecule has 0 spiro atoms. The van der Waals surface area contributed by atoms with Crippen molar-refractivity contribution >= 4 is 32.4 Å². The van der Waals surface area contributed by atoms with E-state index in [2.05, 4.69) is 38.1 Å². The molecule has 2 heterocycles. The number of nitrogens with one attached hydrogen (secondary N) is 1. The minimum atomic E-state index is 0.681. The summed E-state index contributed by atoms with van der Waals surface area (Å²) >= 11 is 5.01. The van der Waals surface area contributed by atoms with Crippen molar-refractivity contribution in [2.45, 2.75) is 19.8 Å². The quantitative estimate of drug-likeness (QED) is 0.906. The van der Waals surface area contributed by atoms with Gasteiger partial charge in [-0.2, -0.15) is 0 Å². The van der Waals surface area contributed by atoms with Crippen molar-refractivity contribution < 1.29 is 0 Å². The van der Waals surface area contributed by atoms with E-state index in [1.165, 1.54) is 32.5 Å². The summed E-state index contributed by atoms with van der Waals surface area (Å²) in [7, 11) is 0. The van der Waals surface area contributed by atoms with Crippen LogP contribution in [0, 0.1) is 5.92 Å². The lowest BCUT2D eigenvalue weighted by Crippen LogP contribution is -2.28. The molecule has 1 fully saturated rings. The lowest BCUT2D eigenvalue weighted by Gasteiger charge is -2.20. The fourth-order valence-electron chi connectivity index (χ4n) is 2.07. The fourth-order valence-corrected chi connectivity index (χ4v) is 3.22. The first-order valence-electron chi connectivity index (χ1n) is 5.81. The maximum atomic E-state index is 4.32. The Morgan fingerprint density at radius 2 is 2.31 bits per heavy atom. The Hall–Kier alpha value is -0.130. The van der Waals surface area contributed by atoms with Gasteiger partial charge in [-0.05, 0) is 47.8 Å². The van der Waals surface area contributed by atoms with Gasteiger partial charge in [-0.3, -0.25) is 0 Å². The highest BCUT2D eigenvalue weighted by atomic mass is 79.9. The summed E-state index contributed by atoms with van der Waals surface area (Å²) in [5.41, 5.74) is 0. The van der Waals surface area contributed by atoms with Crippen molar-refractivity contribution in [1.82, 2.24) is 9.88 Å². The summed E-state index contributed by atoms with van der Waals surface area (Å²) in [4.78, 5) is 6.88. The van der Waals surface area contributed by atoms with Crippen molar-refractivity contribution in [2.75, 3.05) is 31.5 Å². The van der Waals surface area contributed by atoms with Gasteiger partial charge in [0.1, 0.15) is 4.60 Å². The minimum absolute atomic E-state index is 0.681. The molecular formula is C11H18BrN3S. The van der Waals surface area contributed by atoms with Gasteiger partial charge in [0.25, 0.3) is 0 Å². The monoisotopic (exact) mass is 303 g/mol. The molecule has 16 heavy (non-hydrogen) atoms. The zero-order chi connectivity index (χ0) is 11.4. The maximum absolute atomic E-state index is 4.32. The van der Waals surface area contributed by atoms with Gasteiger partial charge in [0.05, 0.1) is 0 Å². The van der Waals surface area contributed by atoms with Crippen LogP contribution in [0.4, 0.5) is 5.13 Å². The summed E-state index contributed by atoms with van der Waals surface area (Å²) in [6, 6.07) is 0. The molecule has 2 rings (SSSR count). The largest absolute Gasteiger partial charge is 0.361 e. The van der Waals surface area contributed by atoms with Crippen LogP contribution >= 0.6 is 27.3 Å². The average Bonchev–Trinajstić information content (AvgIpc) is 2.87. The Bertz CT molecular complexity index is 323. The molecule has 1 saturated heterocycles. The minimum Gasteiger partial charge on any atom is -0.361 e. The molecule has 0 saturated carbocycles. The van der Waals surface area contributed by atoms with Gasteiger partial charge < -0.3 is 10.2 Å². The molecule has 1 unspecified atom stereocenters. The van der Waals surface area contributed by atoms with E-state index in [1.54, 1.807) is 11.3 Å². The number of hydrogen-bond donors (Lipinski definition) is 1. The Balaban J connectivity index is 1.68. The number of halogens is 1. The van der Waals surface area contributed by atoms with Gasteiger partial charge in [-0.15, -0.1) is 11.3 Å². The topological polar surface area (TPSA) is 28.2 Å². The Morgan fingerprint density at radius 3 is 2.94 bits per heavy atom. The van der Waals surface area contributed by atoms with Crippen molar-refractivity contribution in [2.24, 2.45) is 5.92 Å². The molecule has 5 heteroatoms. The third kappa shape index (κ3) is 3.71. The Labute approximate surface area is 109 Å². The molecule has 1 aliphatic heterocycles. The van der Waals surface area contributed by atoms with Crippen LogP contribution in [0.15, 0.2) is 9.98 Å². The average molecular weight is 304 g/mol. The lowest BCUT2D eigenvalue weighted by molar-refractivity contribution is 0.294. The van der Waals surface area contributed by atoms with Gasteiger partial charge in [0, 0.05) is 18.5 Å². The van der Waals surface area contributed by atoms with Gasteiger partial charge in [-0.1, -0.05) is 6.92 Å². The highest BCUT2D eigenvalue weighted by Gasteiger charge is 2.14. The molecule has 1 aromatic heterocycles. The van der Waals surface area contributed by atoms with Crippen molar-refractivity contribution in [3.8, 4) is 0 Å². The molecule has 0 amide bonds. The first-order chi connectivity index (χ1) is 7.74. The summed E-state index contributed by atoms with van der Waals surface area (Å²) < 4.78 is 0.923. The molecule has 1 atom stereocenters. The molecule has 1 N–H and O–H groups in total. The summed E-state index contributed by atoms with van der Waals surface area (Å²) in [5.74, 6) is 0.681. The van der Waals surface area contributed by atoms with E-state index in [4.69, 9.17) is 0 Å². The van der Waals surface area contributed by atoms with Crippen LogP contribution in [0.25, 0.3) is 0 Å². The van der Waals surface area contributed by atoms with E-state index in [0.29, 0.717) is 5.92 Å². The molecular weight excluding hydrogens is 286 g/mol. The third-order valence-electron chi connectivity index (χ3n) is 2.85. The highest BCUT2D eigenvalue weighted by molar-refractivity contribution is 9.10. The zero-order valence-corrected chi connectivity index (χ0v) is 12.0. The highest BCUT2D eigenvalue weighted by Crippen LogP contribution is 2.19. The maximum Gasteiger partial charge on any atom is 0.183 e. The first kappa shape index (κ1) is 12.3. The molecule has 0 radical (unpaired) electrons. The second-order valence-electron chi connectivity index (χ2n) is 4.47. The summed E-state index contributed by atoms with van der Waals surface area (Å²) in [6.07, 6.45) is 2.75. The van der Waals surface area contributed by atoms with Crippen molar-refractivity contribution in [3.05, 3.63) is 9.98 Å². The normalized spacial score (nSPS) is 18.9. The van der Waals surface area contributed by atoms with Crippen LogP contribution in [0.2, 0.25) is 0 Å². The molecule has 1 aromatic rings. The molecule has 0 bridgehead atoms. The SMILES string of the molecule is CC(CNc1nc(Br)cs1)CN1CCCC1. The van der Waals surface area contributed by atoms with E-state index in [1.807, 2.05) is 5.38 Å². The standard InChI is InChI=1S/C11H18BrN3S/c1-9(7-15-4-2-3-5-15)6-13-11-14-10(12)8-16-11/h8-9H,2-7H2,1H3,(H,13,14). The Morgan fingerprint density at radius 1 is 1.56 bits per heavy atom. The van der Waals surface area contributed by atoms with Gasteiger partial charge in [0.2, 0.25) is 0 Å². The van der Waals surface area contributed by atoms with Crippen LogP contribution in [0.1, 0.15) is 19.8 Å². The first-order valence-corrected chi connectivity index (χ1v) is 7.48. The second-order valence-corrected chi connectivity index (χ2v) is 6.14. The molecule has 1 aliphatic rings. The van der Waals surface area contributed by atoms with Crippen LogP contribution in [0.5, 0.6) is 0 Å². The fraction of sp³-hybridized carbons (Fsp3) is 0.727. The summed E-state index contributed by atoms with van der Waals surface area (Å²) in [6.45, 7) is 7.09. The number of likely N-dealkylation sites (tertiary alicyclic amines) is 1. The number of rotatable bonds is 5. The smallest absolute Gasteiger partial charge is 0.183 e. The van der Waals surface area contributed by atoms with Crippen molar-refractivity contribution in [3.63, 3.8) is 0 Å². The van der Waals surface area contributed by atoms with Crippen LogP contribution in [-0.2, 0) is 0 Å². The number of anilines is 1. The van der Waals surface area contributed by atoms with Gasteiger partial charge in [0.15, 0.2) is 5.13 Å². The van der Waals surface area contributed by atoms with E-state index in [0.717, 1.165) is 16.3 Å². The van der Waals surface area contributed by atoms with Crippen LogP contribution in [-0.4, -0.2) is 36.1 Å². The number of thiazole rings is 1. The Kier molecular flexibility index (Phi) is 4.61. The number of nitrogens with zero attached hydrogens (tertiary/aromatic N) is 2. The van der Waals surface area contributed by atoms with E-state index in [-0.39, 0.29) is 0 Å². The third-order valence-corrected chi connectivity index (χ3v) is 4.36. The van der Waals surface area contributed by atoms with Gasteiger partial charge in [-0.25, -0.2) is 4.98 Å². The van der Waals surface area contributed by atoms with Gasteiger partial charge >= 0.3 is 0 Å². The molecule has 0 aliphatic carbocycles. The predicted molar refractivity (Wildman–Crippen MR) is 73.1 cm³/mol. The lowest BCUT2D eigenvalue weighted by atomic mass is 10.2. The van der Waals surface area contributed by atoms with E-state index >= 15 is 0 Å². The van der Waals surface area contributed by atoms with E-state index in [9.17, 15) is 0 Å². The number of aromatic nitrogens is 1. The second kappa shape index (κ2) is 5.98. The molecule has 3 nitrogen and oxygen atoms in total. The molecule has 90 valence electrons. The zero-order valence-electron chi connectivity index (χ0n) is 9.58. The van der Waals surface area contributed by atoms with Crippen LogP contribution in [0.3, 0.4) is 0 Å². The van der Waals surface area contributed by atoms with E-state index < -0.39 is 0 Å². The summed E-state index contributed by atoms with van der Waals surface area (Å²) in [5, 5.41) is 6.41. The molecule has 0 aromatic carbocycles. The van der Waals surface area contributed by atoms with Crippen LogP contribution < -0.4 is 5.32 Å². The van der Waals surface area contributed by atoms with Crippen molar-refractivity contribution in [1.29, 1.82) is 0 Å². The predicted octanol–water partition coefficient (Wildman–Crippen LogP) is 3.05.